The van der Waals surface area contributed by atoms with E-state index < -0.39 is 35.7 Å². The second kappa shape index (κ2) is 8.71. The molecule has 2 aromatic rings. The van der Waals surface area contributed by atoms with Crippen LogP contribution in [0.4, 0.5) is 9.18 Å². The van der Waals surface area contributed by atoms with Gasteiger partial charge >= 0.3 is 6.03 Å². The number of urea groups is 1. The second-order valence-electron chi connectivity index (χ2n) is 7.07. The molecule has 1 fully saturated rings. The summed E-state index contributed by atoms with van der Waals surface area (Å²) >= 11 is 5.90. The van der Waals surface area contributed by atoms with Gasteiger partial charge in [0.25, 0.3) is 5.91 Å². The van der Waals surface area contributed by atoms with Crippen LogP contribution >= 0.6 is 11.6 Å². The minimum absolute atomic E-state index is 0.218. The van der Waals surface area contributed by atoms with Crippen LogP contribution in [0.5, 0.6) is 5.75 Å². The number of nitrogens with zero attached hydrogens (tertiary/aromatic N) is 2. The van der Waals surface area contributed by atoms with Crippen LogP contribution in [-0.2, 0) is 15.1 Å². The number of hydrogen-bond donors (Lipinski definition) is 1. The highest BCUT2D eigenvalue weighted by molar-refractivity contribution is 6.30. The minimum Gasteiger partial charge on any atom is -0.492 e. The first kappa shape index (κ1) is 21.6. The number of benzene rings is 2. The lowest BCUT2D eigenvalue weighted by Gasteiger charge is -2.23. The van der Waals surface area contributed by atoms with Gasteiger partial charge in [-0.15, -0.1) is 0 Å². The standard InChI is InChI=1S/C21H21ClFN3O4/c1-21(14-6-8-16(23)9-7-14)19(28)26(20(29)24-21)13-18(27)25(2)10-11-30-17-5-3-4-15(22)12-17/h3-9,12H,10-11,13H2,1-2H3,(H,24,29)/t21-/m0/s1. The van der Waals surface area contributed by atoms with E-state index in [1.165, 1.54) is 36.1 Å². The molecule has 0 aromatic heterocycles. The molecule has 0 unspecified atom stereocenters. The van der Waals surface area contributed by atoms with Crippen molar-refractivity contribution < 1.29 is 23.5 Å². The minimum atomic E-state index is -1.36. The van der Waals surface area contributed by atoms with Crippen LogP contribution < -0.4 is 10.1 Å². The van der Waals surface area contributed by atoms with E-state index in [0.29, 0.717) is 16.3 Å². The molecular formula is C21H21ClFN3O4. The van der Waals surface area contributed by atoms with Crippen LogP contribution in [-0.4, -0.2) is 54.4 Å². The molecule has 1 atom stereocenters. The number of halogens is 2. The van der Waals surface area contributed by atoms with Gasteiger partial charge in [0.15, 0.2) is 0 Å². The number of amides is 4. The summed E-state index contributed by atoms with van der Waals surface area (Å²) in [6.07, 6.45) is 0. The molecule has 158 valence electrons. The van der Waals surface area contributed by atoms with Gasteiger partial charge in [-0.3, -0.25) is 14.5 Å². The highest BCUT2D eigenvalue weighted by Crippen LogP contribution is 2.28. The van der Waals surface area contributed by atoms with Crippen molar-refractivity contribution >= 4 is 29.4 Å². The fraction of sp³-hybridized carbons (Fsp3) is 0.286. The Labute approximate surface area is 178 Å². The van der Waals surface area contributed by atoms with Gasteiger partial charge in [0.05, 0.1) is 6.54 Å². The fourth-order valence-corrected chi connectivity index (χ4v) is 3.24. The maximum Gasteiger partial charge on any atom is 0.325 e. The van der Waals surface area contributed by atoms with E-state index in [0.717, 1.165) is 4.90 Å². The predicted octanol–water partition coefficient (Wildman–Crippen LogP) is 2.78. The molecule has 7 nitrogen and oxygen atoms in total. The Morgan fingerprint density at radius 1 is 1.23 bits per heavy atom. The lowest BCUT2D eigenvalue weighted by molar-refractivity contribution is -0.138. The van der Waals surface area contributed by atoms with Gasteiger partial charge in [0.1, 0.15) is 30.3 Å². The van der Waals surface area contributed by atoms with Crippen LogP contribution in [0.3, 0.4) is 0 Å². The SMILES string of the molecule is CN(CCOc1cccc(Cl)c1)C(=O)CN1C(=O)N[C@@](C)(c2ccc(F)cc2)C1=O. The maximum atomic E-state index is 13.2. The Morgan fingerprint density at radius 2 is 1.93 bits per heavy atom. The third-order valence-corrected chi connectivity index (χ3v) is 5.14. The Bertz CT molecular complexity index is 969. The van der Waals surface area contributed by atoms with Crippen molar-refractivity contribution in [3.05, 3.63) is 64.9 Å². The molecule has 0 aliphatic carbocycles. The zero-order valence-corrected chi connectivity index (χ0v) is 17.3. The molecule has 2 aromatic carbocycles. The zero-order valence-electron chi connectivity index (χ0n) is 16.5. The number of imide groups is 1. The summed E-state index contributed by atoms with van der Waals surface area (Å²) in [5, 5.41) is 3.13. The number of nitrogens with one attached hydrogen (secondary N) is 1. The van der Waals surface area contributed by atoms with Gasteiger partial charge in [-0.1, -0.05) is 29.8 Å². The summed E-state index contributed by atoms with van der Waals surface area (Å²) in [6, 6.07) is 11.5. The largest absolute Gasteiger partial charge is 0.492 e. The van der Waals surface area contributed by atoms with Crippen molar-refractivity contribution in [3.63, 3.8) is 0 Å². The van der Waals surface area contributed by atoms with E-state index in [2.05, 4.69) is 5.32 Å². The lowest BCUT2D eigenvalue weighted by Crippen LogP contribution is -2.44. The molecule has 0 saturated carbocycles. The molecule has 1 heterocycles. The smallest absolute Gasteiger partial charge is 0.325 e. The van der Waals surface area contributed by atoms with Crippen molar-refractivity contribution in [2.45, 2.75) is 12.5 Å². The van der Waals surface area contributed by atoms with Crippen LogP contribution in [0.15, 0.2) is 48.5 Å². The highest BCUT2D eigenvalue weighted by atomic mass is 35.5. The van der Waals surface area contributed by atoms with E-state index in [4.69, 9.17) is 16.3 Å². The first-order valence-electron chi connectivity index (χ1n) is 9.23. The molecule has 3 rings (SSSR count). The zero-order chi connectivity index (χ0) is 21.9. The number of carbonyl (C=O) groups is 3. The predicted molar refractivity (Wildman–Crippen MR) is 109 cm³/mol. The maximum absolute atomic E-state index is 13.2. The molecule has 0 radical (unpaired) electrons. The monoisotopic (exact) mass is 433 g/mol. The Morgan fingerprint density at radius 3 is 2.60 bits per heavy atom. The summed E-state index contributed by atoms with van der Waals surface area (Å²) in [5.41, 5.74) is -0.931. The quantitative estimate of drug-likeness (QED) is 0.681. The molecule has 30 heavy (non-hydrogen) atoms. The summed E-state index contributed by atoms with van der Waals surface area (Å²) in [5.74, 6) is -0.868. The molecule has 1 aliphatic rings. The van der Waals surface area contributed by atoms with E-state index in [-0.39, 0.29) is 13.2 Å². The Hall–Kier alpha value is -3.13. The molecule has 1 N–H and O–H groups in total. The van der Waals surface area contributed by atoms with E-state index in [1.54, 1.807) is 31.3 Å². The van der Waals surface area contributed by atoms with Crippen molar-refractivity contribution in [2.24, 2.45) is 0 Å². The molecule has 9 heteroatoms. The molecule has 1 saturated heterocycles. The third kappa shape index (κ3) is 4.54. The normalized spacial score (nSPS) is 18.3. The number of likely N-dealkylation sites (N-methyl/N-ethyl adjacent to an activating group) is 1. The van der Waals surface area contributed by atoms with Gasteiger partial charge < -0.3 is 15.0 Å². The highest BCUT2D eigenvalue weighted by Gasteiger charge is 2.49. The van der Waals surface area contributed by atoms with Gasteiger partial charge in [-0.25, -0.2) is 9.18 Å². The van der Waals surface area contributed by atoms with Crippen molar-refractivity contribution in [1.29, 1.82) is 0 Å². The summed E-state index contributed by atoms with van der Waals surface area (Å²) < 4.78 is 18.7. The van der Waals surface area contributed by atoms with Gasteiger partial charge in [0.2, 0.25) is 5.91 Å². The average Bonchev–Trinajstić information content (AvgIpc) is 2.92. The Kier molecular flexibility index (Phi) is 6.26. The Balaban J connectivity index is 1.58. The fourth-order valence-electron chi connectivity index (χ4n) is 3.06. The van der Waals surface area contributed by atoms with Crippen molar-refractivity contribution in [2.75, 3.05) is 26.7 Å². The van der Waals surface area contributed by atoms with Crippen LogP contribution in [0, 0.1) is 5.82 Å². The first-order chi connectivity index (χ1) is 14.2. The van der Waals surface area contributed by atoms with Crippen molar-refractivity contribution in [3.8, 4) is 5.75 Å². The number of rotatable bonds is 7. The first-order valence-corrected chi connectivity index (χ1v) is 9.61. The number of hydrogen-bond acceptors (Lipinski definition) is 4. The summed E-state index contributed by atoms with van der Waals surface area (Å²) in [6.45, 7) is 1.59. The molecule has 1 aliphatic heterocycles. The molecule has 0 spiro atoms. The molecular weight excluding hydrogens is 413 g/mol. The van der Waals surface area contributed by atoms with Crippen molar-refractivity contribution in [1.82, 2.24) is 15.1 Å². The number of carbonyl (C=O) groups excluding carboxylic acids is 3. The van der Waals surface area contributed by atoms with Crippen LogP contribution in [0.25, 0.3) is 0 Å². The average molecular weight is 434 g/mol. The van der Waals surface area contributed by atoms with Gasteiger partial charge in [-0.05, 0) is 42.8 Å². The van der Waals surface area contributed by atoms with E-state index in [9.17, 15) is 18.8 Å². The van der Waals surface area contributed by atoms with E-state index >= 15 is 0 Å². The molecule has 0 bridgehead atoms. The van der Waals surface area contributed by atoms with Crippen LogP contribution in [0.2, 0.25) is 5.02 Å². The van der Waals surface area contributed by atoms with Gasteiger partial charge in [0, 0.05) is 12.1 Å². The second-order valence-corrected chi connectivity index (χ2v) is 7.51. The summed E-state index contributed by atoms with van der Waals surface area (Å²) in [7, 11) is 1.56. The lowest BCUT2D eigenvalue weighted by atomic mass is 9.92. The third-order valence-electron chi connectivity index (χ3n) is 4.91. The van der Waals surface area contributed by atoms with E-state index in [1.807, 2.05) is 0 Å². The van der Waals surface area contributed by atoms with Gasteiger partial charge in [-0.2, -0.15) is 0 Å². The molecule has 4 amide bonds. The number of ether oxygens (including phenoxy) is 1. The topological polar surface area (TPSA) is 79.0 Å². The summed E-state index contributed by atoms with van der Waals surface area (Å²) in [4.78, 5) is 39.9. The van der Waals surface area contributed by atoms with Crippen LogP contribution in [0.1, 0.15) is 12.5 Å².